The van der Waals surface area contributed by atoms with Crippen molar-refractivity contribution in [2.24, 2.45) is 24.1 Å². The molecule has 0 aromatic carbocycles. The Hall–Kier alpha value is -1.46. The zero-order valence-electron chi connectivity index (χ0n) is 15.3. The number of nitrogens with zero attached hydrogens (tertiary/aromatic N) is 4. The Morgan fingerprint density at radius 2 is 2.00 bits per heavy atom. The fourth-order valence-corrected chi connectivity index (χ4v) is 5.32. The summed E-state index contributed by atoms with van der Waals surface area (Å²) in [4.78, 5) is 9.47. The average Bonchev–Trinajstić information content (AvgIpc) is 3.17. The molecule has 5 rings (SSSR count). The minimum atomic E-state index is 0.0655. The van der Waals surface area contributed by atoms with Gasteiger partial charge in [-0.2, -0.15) is 5.10 Å². The van der Waals surface area contributed by atoms with E-state index < -0.39 is 0 Å². The van der Waals surface area contributed by atoms with E-state index >= 15 is 0 Å². The first kappa shape index (κ1) is 16.7. The van der Waals surface area contributed by atoms with Crippen LogP contribution in [0.15, 0.2) is 12.4 Å². The molecule has 0 amide bonds. The van der Waals surface area contributed by atoms with Crippen molar-refractivity contribution < 1.29 is 0 Å². The highest BCUT2D eigenvalue weighted by Crippen LogP contribution is 2.56. The van der Waals surface area contributed by atoms with Crippen LogP contribution in [0.4, 0.5) is 0 Å². The summed E-state index contributed by atoms with van der Waals surface area (Å²) in [7, 11) is 2.01. The average molecular weight is 372 g/mol. The molecule has 0 spiro atoms. The van der Waals surface area contributed by atoms with Crippen LogP contribution in [0.3, 0.4) is 0 Å². The number of nitrogens with two attached hydrogens (primary N) is 1. The van der Waals surface area contributed by atoms with Crippen LogP contribution in [0, 0.1) is 11.3 Å². The third-order valence-corrected chi connectivity index (χ3v) is 7.13. The summed E-state index contributed by atoms with van der Waals surface area (Å²) >= 11 is 6.50. The zero-order valence-corrected chi connectivity index (χ0v) is 16.1. The Morgan fingerprint density at radius 3 is 2.65 bits per heavy atom. The molecule has 0 saturated heterocycles. The van der Waals surface area contributed by atoms with Crippen molar-refractivity contribution in [3.63, 3.8) is 0 Å². The molecule has 2 heterocycles. The van der Waals surface area contributed by atoms with Gasteiger partial charge in [-0.3, -0.25) is 4.68 Å². The van der Waals surface area contributed by atoms with Crippen molar-refractivity contribution in [2.75, 3.05) is 0 Å². The van der Waals surface area contributed by atoms with Crippen LogP contribution >= 0.6 is 11.6 Å². The molecular weight excluding hydrogens is 346 g/mol. The first-order valence-electron chi connectivity index (χ1n) is 9.77. The summed E-state index contributed by atoms with van der Waals surface area (Å²) < 4.78 is 1.97. The minimum Gasteiger partial charge on any atom is -0.325 e. The minimum absolute atomic E-state index is 0.0655. The van der Waals surface area contributed by atoms with E-state index in [1.165, 1.54) is 31.4 Å². The van der Waals surface area contributed by atoms with E-state index in [0.717, 1.165) is 55.1 Å². The Bertz CT molecular complexity index is 846. The van der Waals surface area contributed by atoms with Crippen molar-refractivity contribution in [1.82, 2.24) is 19.7 Å². The Labute approximate surface area is 159 Å². The van der Waals surface area contributed by atoms with Gasteiger partial charge in [0.25, 0.3) is 0 Å². The Balaban J connectivity index is 1.46. The monoisotopic (exact) mass is 371 g/mol. The molecule has 138 valence electrons. The predicted octanol–water partition coefficient (Wildman–Crippen LogP) is 3.69. The first-order valence-corrected chi connectivity index (χ1v) is 10.1. The lowest BCUT2D eigenvalue weighted by atomic mass is 9.81. The number of aryl methyl sites for hydroxylation is 1. The van der Waals surface area contributed by atoms with Gasteiger partial charge in [0.2, 0.25) is 0 Å². The van der Waals surface area contributed by atoms with Gasteiger partial charge < -0.3 is 5.73 Å². The fourth-order valence-electron chi connectivity index (χ4n) is 5.13. The molecule has 3 aliphatic rings. The second-order valence-electron chi connectivity index (χ2n) is 8.97. The van der Waals surface area contributed by atoms with Gasteiger partial charge in [-0.15, -0.1) is 0 Å². The molecule has 0 aliphatic heterocycles. The summed E-state index contributed by atoms with van der Waals surface area (Å²) in [5.41, 5.74) is 9.99. The number of hydrogen-bond acceptors (Lipinski definition) is 4. The van der Waals surface area contributed by atoms with Gasteiger partial charge in [0, 0.05) is 36.5 Å². The van der Waals surface area contributed by atoms with Crippen LogP contribution in [0.1, 0.15) is 56.5 Å². The van der Waals surface area contributed by atoms with Crippen molar-refractivity contribution in [3.05, 3.63) is 28.9 Å². The highest BCUT2D eigenvalue weighted by atomic mass is 35.5. The second-order valence-corrected chi connectivity index (χ2v) is 9.38. The van der Waals surface area contributed by atoms with E-state index in [1.807, 2.05) is 17.9 Å². The van der Waals surface area contributed by atoms with Crippen LogP contribution < -0.4 is 5.73 Å². The SMILES string of the molecule is Cn1ncc(-c2nc(CC34CCC(N)(CC3)C4)ncc2Cl)c1CC1CC1. The van der Waals surface area contributed by atoms with E-state index in [9.17, 15) is 0 Å². The molecule has 3 fully saturated rings. The Kier molecular flexibility index (Phi) is 3.70. The van der Waals surface area contributed by atoms with Gasteiger partial charge in [-0.05, 0) is 62.7 Å². The quantitative estimate of drug-likeness (QED) is 0.870. The van der Waals surface area contributed by atoms with Gasteiger partial charge in [0.15, 0.2) is 0 Å². The maximum absolute atomic E-state index is 6.50. The summed E-state index contributed by atoms with van der Waals surface area (Å²) in [6, 6.07) is 0. The van der Waals surface area contributed by atoms with Gasteiger partial charge in [0.1, 0.15) is 5.82 Å². The number of rotatable bonds is 5. The first-order chi connectivity index (χ1) is 12.5. The molecule has 0 unspecified atom stereocenters. The molecule has 5 nitrogen and oxygen atoms in total. The lowest BCUT2D eigenvalue weighted by Gasteiger charge is -2.25. The summed E-state index contributed by atoms with van der Waals surface area (Å²) in [6.07, 6.45) is 14.1. The lowest BCUT2D eigenvalue weighted by Crippen LogP contribution is -2.33. The molecule has 26 heavy (non-hydrogen) atoms. The van der Waals surface area contributed by atoms with Crippen molar-refractivity contribution in [3.8, 4) is 11.3 Å². The molecule has 6 heteroatoms. The third kappa shape index (κ3) is 2.85. The van der Waals surface area contributed by atoms with Crippen LogP contribution in [-0.2, 0) is 19.9 Å². The zero-order chi connectivity index (χ0) is 17.9. The number of aromatic nitrogens is 4. The van der Waals surface area contributed by atoms with Gasteiger partial charge in [-0.1, -0.05) is 11.6 Å². The smallest absolute Gasteiger partial charge is 0.129 e. The number of halogens is 1. The van der Waals surface area contributed by atoms with E-state index in [2.05, 4.69) is 10.1 Å². The summed E-state index contributed by atoms with van der Waals surface area (Å²) in [5, 5.41) is 5.09. The highest BCUT2D eigenvalue weighted by molar-refractivity contribution is 6.32. The van der Waals surface area contributed by atoms with Gasteiger partial charge in [-0.25, -0.2) is 9.97 Å². The second kappa shape index (κ2) is 5.77. The maximum atomic E-state index is 6.50. The van der Waals surface area contributed by atoms with Crippen LogP contribution in [0.2, 0.25) is 5.02 Å². The third-order valence-electron chi connectivity index (χ3n) is 6.86. The normalized spacial score (nSPS) is 30.3. The predicted molar refractivity (Wildman–Crippen MR) is 102 cm³/mol. The van der Waals surface area contributed by atoms with E-state index in [1.54, 1.807) is 6.20 Å². The van der Waals surface area contributed by atoms with Crippen molar-refractivity contribution >= 4 is 11.6 Å². The van der Waals surface area contributed by atoms with Crippen molar-refractivity contribution in [2.45, 2.75) is 63.3 Å². The number of hydrogen-bond donors (Lipinski definition) is 1. The van der Waals surface area contributed by atoms with Gasteiger partial charge >= 0.3 is 0 Å². The summed E-state index contributed by atoms with van der Waals surface area (Å²) in [5.74, 6) is 1.69. The van der Waals surface area contributed by atoms with Crippen LogP contribution in [0.5, 0.6) is 0 Å². The van der Waals surface area contributed by atoms with Crippen LogP contribution in [0.25, 0.3) is 11.3 Å². The number of fused-ring (bicyclic) bond motifs is 2. The molecule has 2 aromatic rings. The fraction of sp³-hybridized carbons (Fsp3) is 0.650. The summed E-state index contributed by atoms with van der Waals surface area (Å²) in [6.45, 7) is 0. The lowest BCUT2D eigenvalue weighted by molar-refractivity contribution is 0.285. The molecule has 2 bridgehead atoms. The van der Waals surface area contributed by atoms with E-state index in [-0.39, 0.29) is 5.54 Å². The van der Waals surface area contributed by atoms with E-state index in [4.69, 9.17) is 22.3 Å². The molecule has 0 radical (unpaired) electrons. The maximum Gasteiger partial charge on any atom is 0.129 e. The van der Waals surface area contributed by atoms with E-state index in [0.29, 0.717) is 10.4 Å². The van der Waals surface area contributed by atoms with Crippen LogP contribution in [-0.4, -0.2) is 25.3 Å². The van der Waals surface area contributed by atoms with Crippen molar-refractivity contribution in [1.29, 1.82) is 0 Å². The topological polar surface area (TPSA) is 69.6 Å². The standard InChI is InChI=1S/C20H26ClN5/c1-26-16(8-13-2-3-13)14(10-24-26)18-15(21)11-23-17(25-18)9-19-4-6-20(22,12-19)7-5-19/h10-11,13H,2-9,12,22H2,1H3. The molecular formula is C20H26ClN5. The molecule has 2 aromatic heterocycles. The molecule has 3 saturated carbocycles. The Morgan fingerprint density at radius 1 is 1.23 bits per heavy atom. The molecule has 0 atom stereocenters. The van der Waals surface area contributed by atoms with Gasteiger partial charge in [0.05, 0.1) is 16.9 Å². The molecule has 3 aliphatic carbocycles. The largest absolute Gasteiger partial charge is 0.325 e. The molecule has 2 N–H and O–H groups in total. The highest BCUT2D eigenvalue weighted by Gasteiger charge is 2.52.